The molecule has 0 atom stereocenters. The lowest BCUT2D eigenvalue weighted by molar-refractivity contribution is 0.0736. The molecule has 0 aliphatic heterocycles. The molecule has 1 heterocycles. The van der Waals surface area contributed by atoms with Gasteiger partial charge in [0.05, 0.1) is 11.3 Å². The van der Waals surface area contributed by atoms with Crippen molar-refractivity contribution in [2.75, 3.05) is 0 Å². The fourth-order valence-electron chi connectivity index (χ4n) is 3.04. The fraction of sp³-hybridized carbons (Fsp3) is 0.0435. The number of hydrogen-bond acceptors (Lipinski definition) is 3. The van der Waals surface area contributed by atoms with Gasteiger partial charge in [-0.2, -0.15) is 0 Å². The number of benzene rings is 3. The molecule has 4 rings (SSSR count). The maximum absolute atomic E-state index is 13.0. The number of fused-ring (bicyclic) bond motifs is 1. The number of halogens is 1. The van der Waals surface area contributed by atoms with Gasteiger partial charge in [-0.1, -0.05) is 53.6 Å². The molecule has 0 saturated carbocycles. The molecule has 1 aromatic heterocycles. The Kier molecular flexibility index (Phi) is 4.72. The predicted octanol–water partition coefficient (Wildman–Crippen LogP) is 5.17. The molecule has 0 bridgehead atoms. The zero-order chi connectivity index (χ0) is 19.7. The van der Waals surface area contributed by atoms with Crippen molar-refractivity contribution < 1.29 is 9.53 Å². The van der Waals surface area contributed by atoms with Crippen LogP contribution in [0.4, 0.5) is 0 Å². The minimum atomic E-state index is -0.532. The van der Waals surface area contributed by atoms with Gasteiger partial charge in [0.25, 0.3) is 5.56 Å². The van der Waals surface area contributed by atoms with E-state index in [2.05, 4.69) is 0 Å². The normalized spacial score (nSPS) is 10.8. The third kappa shape index (κ3) is 3.42. The molecule has 0 aliphatic rings. The number of pyridine rings is 1. The fourth-order valence-corrected chi connectivity index (χ4v) is 3.22. The summed E-state index contributed by atoms with van der Waals surface area (Å²) >= 11 is 6.08. The largest absolute Gasteiger partial charge is 0.423 e. The molecule has 0 fully saturated rings. The maximum atomic E-state index is 13.0. The lowest BCUT2D eigenvalue weighted by atomic mass is 10.1. The Hall–Kier alpha value is -3.37. The van der Waals surface area contributed by atoms with Crippen LogP contribution in [0.25, 0.3) is 16.5 Å². The summed E-state index contributed by atoms with van der Waals surface area (Å²) in [7, 11) is 0. The average molecular weight is 390 g/mol. The standard InChI is InChI=1S/C23H16ClNO3/c1-15-9-11-18(12-10-15)28-23(27)21-14-25(17-6-4-5-16(24)13-17)22(26)20-8-3-2-7-19(20)21/h2-14H,1H3. The summed E-state index contributed by atoms with van der Waals surface area (Å²) in [5, 5.41) is 1.48. The summed E-state index contributed by atoms with van der Waals surface area (Å²) < 4.78 is 6.95. The van der Waals surface area contributed by atoms with E-state index < -0.39 is 5.97 Å². The summed E-state index contributed by atoms with van der Waals surface area (Å²) in [4.78, 5) is 25.9. The quantitative estimate of drug-likeness (QED) is 0.358. The topological polar surface area (TPSA) is 48.3 Å². The van der Waals surface area contributed by atoms with Crippen LogP contribution in [0, 0.1) is 6.92 Å². The molecule has 0 radical (unpaired) electrons. The van der Waals surface area contributed by atoms with Crippen LogP contribution in [-0.4, -0.2) is 10.5 Å². The van der Waals surface area contributed by atoms with E-state index in [1.54, 1.807) is 60.7 Å². The Bertz CT molecular complexity index is 1240. The van der Waals surface area contributed by atoms with Gasteiger partial charge in [0, 0.05) is 22.0 Å². The van der Waals surface area contributed by atoms with E-state index in [0.717, 1.165) is 5.56 Å². The monoisotopic (exact) mass is 389 g/mol. The Morgan fingerprint density at radius 2 is 1.64 bits per heavy atom. The van der Waals surface area contributed by atoms with Crippen molar-refractivity contribution >= 4 is 28.3 Å². The molecular weight excluding hydrogens is 374 g/mol. The van der Waals surface area contributed by atoms with Crippen molar-refractivity contribution in [3.05, 3.63) is 105 Å². The van der Waals surface area contributed by atoms with Crippen LogP contribution in [0.3, 0.4) is 0 Å². The van der Waals surface area contributed by atoms with Crippen LogP contribution >= 0.6 is 11.6 Å². The highest BCUT2D eigenvalue weighted by Gasteiger charge is 2.17. The van der Waals surface area contributed by atoms with Crippen LogP contribution in [-0.2, 0) is 0 Å². The Morgan fingerprint density at radius 3 is 2.36 bits per heavy atom. The van der Waals surface area contributed by atoms with Crippen molar-refractivity contribution in [3.8, 4) is 11.4 Å². The third-order valence-electron chi connectivity index (χ3n) is 4.46. The molecule has 0 unspecified atom stereocenters. The second kappa shape index (κ2) is 7.33. The van der Waals surface area contributed by atoms with Gasteiger partial charge in [0.2, 0.25) is 0 Å². The summed E-state index contributed by atoms with van der Waals surface area (Å²) in [5.74, 6) is -0.0870. The van der Waals surface area contributed by atoms with Gasteiger partial charge < -0.3 is 4.74 Å². The summed E-state index contributed by atoms with van der Waals surface area (Å²) in [6.07, 6.45) is 1.51. The maximum Gasteiger partial charge on any atom is 0.345 e. The number of esters is 1. The number of rotatable bonds is 3. The van der Waals surface area contributed by atoms with Crippen LogP contribution in [0.5, 0.6) is 5.75 Å². The van der Waals surface area contributed by atoms with Crippen molar-refractivity contribution in [2.45, 2.75) is 6.92 Å². The smallest absolute Gasteiger partial charge is 0.345 e. The molecule has 138 valence electrons. The zero-order valence-electron chi connectivity index (χ0n) is 15.1. The van der Waals surface area contributed by atoms with E-state index in [1.807, 2.05) is 19.1 Å². The molecule has 0 aliphatic carbocycles. The number of hydrogen-bond donors (Lipinski definition) is 0. The first-order chi connectivity index (χ1) is 13.5. The number of nitrogens with zero attached hydrogens (tertiary/aromatic N) is 1. The molecule has 0 saturated heterocycles. The number of aromatic nitrogens is 1. The van der Waals surface area contributed by atoms with Crippen molar-refractivity contribution in [1.82, 2.24) is 4.57 Å². The number of carbonyl (C=O) groups is 1. The van der Waals surface area contributed by atoms with Gasteiger partial charge in [-0.15, -0.1) is 0 Å². The Labute approximate surface area is 166 Å². The summed E-state index contributed by atoms with van der Waals surface area (Å²) in [5.41, 5.74) is 1.72. The first kappa shape index (κ1) is 18.0. The molecule has 5 heteroatoms. The Balaban J connectivity index is 1.87. The highest BCUT2D eigenvalue weighted by atomic mass is 35.5. The predicted molar refractivity (Wildman–Crippen MR) is 111 cm³/mol. The van der Waals surface area contributed by atoms with Crippen molar-refractivity contribution in [3.63, 3.8) is 0 Å². The van der Waals surface area contributed by atoms with Gasteiger partial charge >= 0.3 is 5.97 Å². The lowest BCUT2D eigenvalue weighted by Gasteiger charge is -2.12. The highest BCUT2D eigenvalue weighted by molar-refractivity contribution is 6.30. The van der Waals surface area contributed by atoms with Crippen LogP contribution < -0.4 is 10.3 Å². The van der Waals surface area contributed by atoms with E-state index >= 15 is 0 Å². The van der Waals surface area contributed by atoms with Gasteiger partial charge in [-0.05, 0) is 43.3 Å². The van der Waals surface area contributed by atoms with E-state index in [9.17, 15) is 9.59 Å². The van der Waals surface area contributed by atoms with Crippen LogP contribution in [0.1, 0.15) is 15.9 Å². The zero-order valence-corrected chi connectivity index (χ0v) is 15.8. The molecule has 3 aromatic carbocycles. The molecule has 0 amide bonds. The number of carbonyl (C=O) groups excluding carboxylic acids is 1. The Morgan fingerprint density at radius 1 is 0.929 bits per heavy atom. The molecular formula is C23H16ClNO3. The molecule has 4 nitrogen and oxygen atoms in total. The summed E-state index contributed by atoms with van der Waals surface area (Å²) in [6.45, 7) is 1.96. The minimum Gasteiger partial charge on any atom is -0.423 e. The van der Waals surface area contributed by atoms with E-state index in [4.69, 9.17) is 16.3 Å². The van der Waals surface area contributed by atoms with E-state index in [1.165, 1.54) is 10.8 Å². The van der Waals surface area contributed by atoms with Crippen LogP contribution in [0.15, 0.2) is 83.8 Å². The SMILES string of the molecule is Cc1ccc(OC(=O)c2cn(-c3cccc(Cl)c3)c(=O)c3ccccc23)cc1. The second-order valence-corrected chi connectivity index (χ2v) is 6.88. The highest BCUT2D eigenvalue weighted by Crippen LogP contribution is 2.21. The third-order valence-corrected chi connectivity index (χ3v) is 4.70. The van der Waals surface area contributed by atoms with E-state index in [0.29, 0.717) is 32.8 Å². The van der Waals surface area contributed by atoms with Gasteiger partial charge in [-0.3, -0.25) is 9.36 Å². The van der Waals surface area contributed by atoms with Crippen molar-refractivity contribution in [2.24, 2.45) is 0 Å². The minimum absolute atomic E-state index is 0.232. The lowest BCUT2D eigenvalue weighted by Crippen LogP contribution is -2.22. The van der Waals surface area contributed by atoms with Gasteiger partial charge in [-0.25, -0.2) is 4.79 Å². The molecule has 0 N–H and O–H groups in total. The summed E-state index contributed by atoms with van der Waals surface area (Å²) in [6, 6.07) is 21.1. The first-order valence-corrected chi connectivity index (χ1v) is 9.10. The molecule has 28 heavy (non-hydrogen) atoms. The number of ether oxygens (including phenoxy) is 1. The van der Waals surface area contributed by atoms with Gasteiger partial charge in [0.15, 0.2) is 0 Å². The van der Waals surface area contributed by atoms with E-state index in [-0.39, 0.29) is 5.56 Å². The average Bonchev–Trinajstić information content (AvgIpc) is 2.70. The molecule has 4 aromatic rings. The number of aryl methyl sites for hydroxylation is 1. The van der Waals surface area contributed by atoms with Gasteiger partial charge in [0.1, 0.15) is 5.75 Å². The van der Waals surface area contributed by atoms with Crippen LogP contribution in [0.2, 0.25) is 5.02 Å². The van der Waals surface area contributed by atoms with Crippen molar-refractivity contribution in [1.29, 1.82) is 0 Å². The molecule has 0 spiro atoms. The first-order valence-electron chi connectivity index (χ1n) is 8.72. The second-order valence-electron chi connectivity index (χ2n) is 6.45.